The highest BCUT2D eigenvalue weighted by Crippen LogP contribution is 2.27. The molecule has 0 aliphatic carbocycles. The zero-order chi connectivity index (χ0) is 17.8. The molecular weight excluding hydrogens is 330 g/mol. The van der Waals surface area contributed by atoms with Gasteiger partial charge in [0.1, 0.15) is 0 Å². The van der Waals surface area contributed by atoms with Gasteiger partial charge in [0, 0.05) is 6.54 Å². The highest BCUT2D eigenvalue weighted by Gasteiger charge is 2.08. The highest BCUT2D eigenvalue weighted by atomic mass is 32.1. The molecule has 0 unspecified atom stereocenters. The van der Waals surface area contributed by atoms with E-state index in [9.17, 15) is 4.79 Å². The van der Waals surface area contributed by atoms with Crippen LogP contribution in [0.1, 0.15) is 12.5 Å². The molecule has 7 nitrogen and oxygen atoms in total. The Morgan fingerprint density at radius 2 is 2.21 bits per heavy atom. The molecule has 0 aromatic heterocycles. The van der Waals surface area contributed by atoms with Crippen molar-refractivity contribution in [2.24, 2.45) is 5.10 Å². The van der Waals surface area contributed by atoms with Crippen molar-refractivity contribution in [3.63, 3.8) is 0 Å². The molecule has 1 rings (SSSR count). The maximum absolute atomic E-state index is 11.4. The van der Waals surface area contributed by atoms with Crippen molar-refractivity contribution >= 4 is 29.5 Å². The van der Waals surface area contributed by atoms with Gasteiger partial charge in [0.15, 0.2) is 23.2 Å². The van der Waals surface area contributed by atoms with Crippen LogP contribution in [-0.4, -0.2) is 44.2 Å². The number of hydrazone groups is 1. The van der Waals surface area contributed by atoms with Crippen molar-refractivity contribution < 1.29 is 19.0 Å². The molecule has 0 heterocycles. The van der Waals surface area contributed by atoms with Crippen molar-refractivity contribution in [1.29, 1.82) is 0 Å². The van der Waals surface area contributed by atoms with Gasteiger partial charge >= 0.3 is 5.97 Å². The fraction of sp³-hybridized carbons (Fsp3) is 0.312. The number of thiocarbonyl (C=S) groups is 1. The first-order valence-electron chi connectivity index (χ1n) is 7.25. The Hall–Kier alpha value is -2.61. The predicted octanol–water partition coefficient (Wildman–Crippen LogP) is 1.62. The number of rotatable bonds is 9. The van der Waals surface area contributed by atoms with Crippen LogP contribution in [0.2, 0.25) is 0 Å². The van der Waals surface area contributed by atoms with Crippen molar-refractivity contribution in [3.05, 3.63) is 36.4 Å². The van der Waals surface area contributed by atoms with Crippen molar-refractivity contribution in [1.82, 2.24) is 10.7 Å². The van der Waals surface area contributed by atoms with Gasteiger partial charge in [-0.2, -0.15) is 5.10 Å². The van der Waals surface area contributed by atoms with Crippen molar-refractivity contribution in [2.45, 2.75) is 6.92 Å². The van der Waals surface area contributed by atoms with Crippen LogP contribution in [0.25, 0.3) is 0 Å². The van der Waals surface area contributed by atoms with Crippen LogP contribution in [0, 0.1) is 0 Å². The van der Waals surface area contributed by atoms with Gasteiger partial charge in [0.2, 0.25) is 0 Å². The molecule has 0 aliphatic rings. The van der Waals surface area contributed by atoms with Crippen LogP contribution >= 0.6 is 12.2 Å². The third kappa shape index (κ3) is 7.10. The van der Waals surface area contributed by atoms with E-state index in [1.807, 2.05) is 0 Å². The van der Waals surface area contributed by atoms with Crippen LogP contribution in [-0.2, 0) is 9.53 Å². The van der Waals surface area contributed by atoms with Crippen LogP contribution in [0.4, 0.5) is 0 Å². The van der Waals surface area contributed by atoms with E-state index >= 15 is 0 Å². The van der Waals surface area contributed by atoms with E-state index in [-0.39, 0.29) is 6.61 Å². The van der Waals surface area contributed by atoms with Gasteiger partial charge in [-0.05, 0) is 42.9 Å². The van der Waals surface area contributed by atoms with Crippen molar-refractivity contribution in [3.8, 4) is 11.5 Å². The Kier molecular flexibility index (Phi) is 8.91. The number of esters is 1. The molecular formula is C16H21N3O4S. The molecule has 130 valence electrons. The fourth-order valence-corrected chi connectivity index (χ4v) is 1.73. The third-order valence-corrected chi connectivity index (χ3v) is 2.86. The van der Waals surface area contributed by atoms with Gasteiger partial charge in [-0.3, -0.25) is 5.43 Å². The second-order valence-electron chi connectivity index (χ2n) is 4.37. The Balaban J connectivity index is 2.68. The Morgan fingerprint density at radius 3 is 2.88 bits per heavy atom. The minimum atomic E-state index is -0.445. The van der Waals surface area contributed by atoms with Crippen molar-refractivity contribution in [2.75, 3.05) is 26.9 Å². The second kappa shape index (κ2) is 11.0. The molecule has 24 heavy (non-hydrogen) atoms. The van der Waals surface area contributed by atoms with Gasteiger partial charge < -0.3 is 19.5 Å². The lowest BCUT2D eigenvalue weighted by Gasteiger charge is -2.10. The number of ether oxygens (including phenoxy) is 3. The molecule has 1 aromatic carbocycles. The molecule has 0 saturated carbocycles. The average Bonchev–Trinajstić information content (AvgIpc) is 2.58. The summed E-state index contributed by atoms with van der Waals surface area (Å²) in [5.74, 6) is 0.480. The summed E-state index contributed by atoms with van der Waals surface area (Å²) in [4.78, 5) is 11.4. The number of methoxy groups -OCH3 is 1. The van der Waals surface area contributed by atoms with E-state index in [4.69, 9.17) is 26.4 Å². The van der Waals surface area contributed by atoms with E-state index in [1.165, 1.54) is 7.11 Å². The minimum Gasteiger partial charge on any atom is -0.493 e. The summed E-state index contributed by atoms with van der Waals surface area (Å²) in [5.41, 5.74) is 3.42. The second-order valence-corrected chi connectivity index (χ2v) is 4.78. The molecule has 0 spiro atoms. The lowest BCUT2D eigenvalue weighted by molar-refractivity contribution is -0.145. The summed E-state index contributed by atoms with van der Waals surface area (Å²) < 4.78 is 15.5. The lowest BCUT2D eigenvalue weighted by atomic mass is 10.2. The largest absolute Gasteiger partial charge is 0.493 e. The fourth-order valence-electron chi connectivity index (χ4n) is 1.60. The predicted molar refractivity (Wildman–Crippen MR) is 96.6 cm³/mol. The first-order valence-corrected chi connectivity index (χ1v) is 7.65. The Labute approximate surface area is 146 Å². The number of nitrogens with zero attached hydrogens (tertiary/aromatic N) is 1. The molecule has 0 aliphatic heterocycles. The van der Waals surface area contributed by atoms with E-state index in [1.54, 1.807) is 37.4 Å². The van der Waals surface area contributed by atoms with E-state index in [0.29, 0.717) is 29.8 Å². The quantitative estimate of drug-likeness (QED) is 0.230. The Bertz CT molecular complexity index is 605. The SMILES string of the molecule is C=CCNC(=S)N/N=C/c1ccc(OC)c(OCC(=O)OCC)c1. The smallest absolute Gasteiger partial charge is 0.344 e. The lowest BCUT2D eigenvalue weighted by Crippen LogP contribution is -2.31. The maximum Gasteiger partial charge on any atom is 0.344 e. The number of benzene rings is 1. The van der Waals surface area contributed by atoms with E-state index < -0.39 is 5.97 Å². The maximum atomic E-state index is 11.4. The molecule has 8 heteroatoms. The number of carbonyl (C=O) groups is 1. The molecule has 0 atom stereocenters. The zero-order valence-electron chi connectivity index (χ0n) is 13.7. The number of carbonyl (C=O) groups excluding carboxylic acids is 1. The van der Waals surface area contributed by atoms with Gasteiger partial charge in [0.25, 0.3) is 0 Å². The van der Waals surface area contributed by atoms with Crippen LogP contribution in [0.3, 0.4) is 0 Å². The van der Waals surface area contributed by atoms with E-state index in [2.05, 4.69) is 22.4 Å². The molecule has 1 aromatic rings. The Morgan fingerprint density at radius 1 is 1.42 bits per heavy atom. The monoisotopic (exact) mass is 351 g/mol. The van der Waals surface area contributed by atoms with Crippen LogP contribution < -0.4 is 20.2 Å². The standard InChI is InChI=1S/C16H21N3O4S/c1-4-8-17-16(24)19-18-10-12-6-7-13(21-3)14(9-12)23-11-15(20)22-5-2/h4,6-7,9-10H,1,5,8,11H2,2-3H3,(H2,17,19,24)/b18-10+. The topological polar surface area (TPSA) is 81.2 Å². The van der Waals surface area contributed by atoms with Crippen LogP contribution in [0.5, 0.6) is 11.5 Å². The molecule has 0 radical (unpaired) electrons. The van der Waals surface area contributed by atoms with Gasteiger partial charge in [-0.1, -0.05) is 6.08 Å². The normalized spacial score (nSPS) is 10.1. The van der Waals surface area contributed by atoms with Gasteiger partial charge in [0.05, 0.1) is 19.9 Å². The summed E-state index contributed by atoms with van der Waals surface area (Å²) in [6.45, 7) is 5.97. The summed E-state index contributed by atoms with van der Waals surface area (Å²) in [6, 6.07) is 5.21. The highest BCUT2D eigenvalue weighted by molar-refractivity contribution is 7.80. The number of hydrogen-bond acceptors (Lipinski definition) is 6. The van der Waals surface area contributed by atoms with Gasteiger partial charge in [-0.25, -0.2) is 4.79 Å². The molecule has 0 bridgehead atoms. The first kappa shape index (κ1) is 19.4. The number of hydrogen-bond donors (Lipinski definition) is 2. The minimum absolute atomic E-state index is 0.196. The summed E-state index contributed by atoms with van der Waals surface area (Å²) >= 11 is 5.02. The summed E-state index contributed by atoms with van der Waals surface area (Å²) in [7, 11) is 1.52. The zero-order valence-corrected chi connectivity index (χ0v) is 14.5. The molecule has 2 N–H and O–H groups in total. The summed E-state index contributed by atoms with van der Waals surface area (Å²) in [5, 5.41) is 7.29. The van der Waals surface area contributed by atoms with Crippen LogP contribution in [0.15, 0.2) is 36.0 Å². The third-order valence-electron chi connectivity index (χ3n) is 2.63. The van der Waals surface area contributed by atoms with E-state index in [0.717, 1.165) is 5.56 Å². The summed E-state index contributed by atoms with van der Waals surface area (Å²) in [6.07, 6.45) is 3.26. The molecule has 0 amide bonds. The average molecular weight is 351 g/mol. The molecule has 0 saturated heterocycles. The molecule has 0 fully saturated rings. The first-order chi connectivity index (χ1) is 11.6. The van der Waals surface area contributed by atoms with Gasteiger partial charge in [-0.15, -0.1) is 6.58 Å². The number of nitrogens with one attached hydrogen (secondary N) is 2.